The highest BCUT2D eigenvalue weighted by atomic mass is 35.5. The van der Waals surface area contributed by atoms with E-state index in [-0.39, 0.29) is 18.4 Å². The van der Waals surface area contributed by atoms with Crippen molar-refractivity contribution in [1.29, 1.82) is 0 Å². The van der Waals surface area contributed by atoms with E-state index in [1.54, 1.807) is 35.6 Å². The Morgan fingerprint density at radius 3 is 2.76 bits per heavy atom. The van der Waals surface area contributed by atoms with Crippen molar-refractivity contribution < 1.29 is 9.59 Å². The SMILES string of the molecule is CCCN(CC(=O)Nc1cc(Cl)ccc1Cl)C(=O)C=Cc1cccs1. The van der Waals surface area contributed by atoms with Gasteiger partial charge in [-0.2, -0.15) is 0 Å². The number of benzene rings is 1. The molecule has 7 heteroatoms. The standard InChI is InChI=1S/C18H18Cl2N2O2S/c1-2-9-22(18(24)8-6-14-4-3-10-25-14)12-17(23)21-16-11-13(19)5-7-15(16)20/h3-8,10-11H,2,9,12H2,1H3,(H,21,23). The van der Waals surface area contributed by atoms with Crippen molar-refractivity contribution >= 4 is 58.1 Å². The van der Waals surface area contributed by atoms with Gasteiger partial charge in [-0.05, 0) is 42.1 Å². The number of hydrogen-bond donors (Lipinski definition) is 1. The van der Waals surface area contributed by atoms with Crippen LogP contribution < -0.4 is 5.32 Å². The fourth-order valence-electron chi connectivity index (χ4n) is 2.14. The molecule has 0 radical (unpaired) electrons. The number of halogens is 2. The summed E-state index contributed by atoms with van der Waals surface area (Å²) in [5.41, 5.74) is 0.428. The monoisotopic (exact) mass is 396 g/mol. The highest BCUT2D eigenvalue weighted by Crippen LogP contribution is 2.25. The van der Waals surface area contributed by atoms with Crippen molar-refractivity contribution in [2.75, 3.05) is 18.4 Å². The molecule has 0 aliphatic carbocycles. The molecule has 0 saturated carbocycles. The third kappa shape index (κ3) is 6.20. The zero-order valence-corrected chi connectivity index (χ0v) is 16.0. The van der Waals surface area contributed by atoms with Crippen LogP contribution in [-0.2, 0) is 9.59 Å². The summed E-state index contributed by atoms with van der Waals surface area (Å²) in [5, 5.41) is 5.50. The second kappa shape index (κ2) is 9.61. The van der Waals surface area contributed by atoms with Crippen LogP contribution in [0.1, 0.15) is 18.2 Å². The Morgan fingerprint density at radius 1 is 1.28 bits per heavy atom. The van der Waals surface area contributed by atoms with E-state index in [0.717, 1.165) is 11.3 Å². The summed E-state index contributed by atoms with van der Waals surface area (Å²) < 4.78 is 0. The Labute approximate surface area is 161 Å². The number of nitrogens with zero attached hydrogens (tertiary/aromatic N) is 1. The number of amides is 2. The summed E-state index contributed by atoms with van der Waals surface area (Å²) >= 11 is 13.5. The lowest BCUT2D eigenvalue weighted by Gasteiger charge is -2.20. The highest BCUT2D eigenvalue weighted by Gasteiger charge is 2.15. The van der Waals surface area contributed by atoms with Crippen LogP contribution in [0.4, 0.5) is 5.69 Å². The number of anilines is 1. The van der Waals surface area contributed by atoms with Gasteiger partial charge in [0.1, 0.15) is 6.54 Å². The average molecular weight is 397 g/mol. The largest absolute Gasteiger partial charge is 0.330 e. The molecule has 0 aliphatic rings. The van der Waals surface area contributed by atoms with E-state index >= 15 is 0 Å². The summed E-state index contributed by atoms with van der Waals surface area (Å²) in [5.74, 6) is -0.530. The van der Waals surface area contributed by atoms with Crippen molar-refractivity contribution in [1.82, 2.24) is 4.90 Å². The zero-order valence-electron chi connectivity index (χ0n) is 13.7. The number of carbonyl (C=O) groups excluding carboxylic acids is 2. The molecule has 1 heterocycles. The van der Waals surface area contributed by atoms with Crippen molar-refractivity contribution in [2.24, 2.45) is 0 Å². The second-order valence-electron chi connectivity index (χ2n) is 5.28. The molecule has 0 saturated heterocycles. The third-order valence-corrected chi connectivity index (χ3v) is 4.68. The molecule has 2 aromatic rings. The maximum Gasteiger partial charge on any atom is 0.247 e. The molecule has 2 rings (SSSR count). The summed E-state index contributed by atoms with van der Waals surface area (Å²) in [7, 11) is 0. The maximum atomic E-state index is 12.4. The number of hydrogen-bond acceptors (Lipinski definition) is 3. The van der Waals surface area contributed by atoms with Gasteiger partial charge in [-0.3, -0.25) is 9.59 Å². The van der Waals surface area contributed by atoms with Gasteiger partial charge in [0.15, 0.2) is 0 Å². The van der Waals surface area contributed by atoms with E-state index < -0.39 is 0 Å². The van der Waals surface area contributed by atoms with E-state index in [4.69, 9.17) is 23.2 Å². The first-order chi connectivity index (χ1) is 12.0. The Balaban J connectivity index is 2.01. The Morgan fingerprint density at radius 2 is 2.08 bits per heavy atom. The van der Waals surface area contributed by atoms with Crippen LogP contribution >= 0.6 is 34.5 Å². The third-order valence-electron chi connectivity index (χ3n) is 3.28. The predicted octanol–water partition coefficient (Wildman–Crippen LogP) is 4.95. The van der Waals surface area contributed by atoms with Gasteiger partial charge in [0.25, 0.3) is 0 Å². The quantitative estimate of drug-likeness (QED) is 0.673. The number of carbonyl (C=O) groups is 2. The Hall–Kier alpha value is -1.82. The maximum absolute atomic E-state index is 12.4. The van der Waals surface area contributed by atoms with Crippen LogP contribution in [0.2, 0.25) is 10.0 Å². The lowest BCUT2D eigenvalue weighted by atomic mass is 10.3. The smallest absolute Gasteiger partial charge is 0.247 e. The molecule has 0 atom stereocenters. The highest BCUT2D eigenvalue weighted by molar-refractivity contribution is 7.10. The average Bonchev–Trinajstić information content (AvgIpc) is 3.09. The topological polar surface area (TPSA) is 49.4 Å². The molecule has 0 bridgehead atoms. The first-order valence-electron chi connectivity index (χ1n) is 7.75. The first kappa shape index (κ1) is 19.5. The lowest BCUT2D eigenvalue weighted by Crippen LogP contribution is -2.37. The normalized spacial score (nSPS) is 10.8. The van der Waals surface area contributed by atoms with Crippen LogP contribution in [0.3, 0.4) is 0 Å². The van der Waals surface area contributed by atoms with E-state index in [2.05, 4.69) is 5.32 Å². The van der Waals surface area contributed by atoms with Crippen LogP contribution in [0, 0.1) is 0 Å². The van der Waals surface area contributed by atoms with Gasteiger partial charge in [0.05, 0.1) is 10.7 Å². The van der Waals surface area contributed by atoms with Crippen molar-refractivity contribution in [3.05, 3.63) is 56.7 Å². The van der Waals surface area contributed by atoms with E-state index in [0.29, 0.717) is 22.3 Å². The molecule has 1 aromatic heterocycles. The van der Waals surface area contributed by atoms with E-state index in [1.165, 1.54) is 11.0 Å². The molecule has 1 N–H and O–H groups in total. The Kier molecular flexibility index (Phi) is 7.50. The molecule has 0 fully saturated rings. The Bertz CT molecular complexity index is 760. The van der Waals surface area contributed by atoms with Crippen molar-refractivity contribution in [3.63, 3.8) is 0 Å². The number of thiophene rings is 1. The summed E-state index contributed by atoms with van der Waals surface area (Å²) in [6.07, 6.45) is 3.99. The minimum atomic E-state index is -0.324. The molecular formula is C18H18Cl2N2O2S. The summed E-state index contributed by atoms with van der Waals surface area (Å²) in [6.45, 7) is 2.39. The van der Waals surface area contributed by atoms with Gasteiger partial charge >= 0.3 is 0 Å². The number of nitrogens with one attached hydrogen (secondary N) is 1. The van der Waals surface area contributed by atoms with Crippen molar-refractivity contribution in [3.8, 4) is 0 Å². The second-order valence-corrected chi connectivity index (χ2v) is 7.10. The van der Waals surface area contributed by atoms with Gasteiger partial charge < -0.3 is 10.2 Å². The fourth-order valence-corrected chi connectivity index (χ4v) is 3.09. The van der Waals surface area contributed by atoms with Crippen LogP contribution in [0.25, 0.3) is 6.08 Å². The molecule has 4 nitrogen and oxygen atoms in total. The van der Waals surface area contributed by atoms with Gasteiger partial charge in [-0.15, -0.1) is 11.3 Å². The molecular weight excluding hydrogens is 379 g/mol. The molecule has 2 amide bonds. The molecule has 132 valence electrons. The minimum Gasteiger partial charge on any atom is -0.330 e. The zero-order chi connectivity index (χ0) is 18.2. The van der Waals surface area contributed by atoms with E-state index in [1.807, 2.05) is 24.4 Å². The van der Waals surface area contributed by atoms with Crippen LogP contribution in [-0.4, -0.2) is 29.8 Å². The lowest BCUT2D eigenvalue weighted by molar-refractivity contribution is -0.130. The van der Waals surface area contributed by atoms with Crippen LogP contribution in [0.5, 0.6) is 0 Å². The van der Waals surface area contributed by atoms with Crippen molar-refractivity contribution in [2.45, 2.75) is 13.3 Å². The number of rotatable bonds is 7. The molecule has 25 heavy (non-hydrogen) atoms. The van der Waals surface area contributed by atoms with Gasteiger partial charge in [0, 0.05) is 22.5 Å². The fraction of sp³-hybridized carbons (Fsp3) is 0.222. The molecule has 1 aromatic carbocycles. The predicted molar refractivity (Wildman–Crippen MR) is 105 cm³/mol. The molecule has 0 unspecified atom stereocenters. The summed E-state index contributed by atoms with van der Waals surface area (Å²) in [6, 6.07) is 8.66. The van der Waals surface area contributed by atoms with Crippen LogP contribution in [0.15, 0.2) is 41.8 Å². The minimum absolute atomic E-state index is 0.0513. The van der Waals surface area contributed by atoms with Gasteiger partial charge in [-0.25, -0.2) is 0 Å². The van der Waals surface area contributed by atoms with Gasteiger partial charge in [0.2, 0.25) is 11.8 Å². The molecule has 0 aliphatic heterocycles. The molecule has 0 spiro atoms. The van der Waals surface area contributed by atoms with Gasteiger partial charge in [-0.1, -0.05) is 36.2 Å². The van der Waals surface area contributed by atoms with E-state index in [9.17, 15) is 9.59 Å². The first-order valence-corrected chi connectivity index (χ1v) is 9.38. The summed E-state index contributed by atoms with van der Waals surface area (Å²) in [4.78, 5) is 27.1.